The summed E-state index contributed by atoms with van der Waals surface area (Å²) in [6.07, 6.45) is -7.98. The second-order valence-corrected chi connectivity index (χ2v) is 5.41. The van der Waals surface area contributed by atoms with Crippen molar-refractivity contribution in [2.24, 2.45) is 0 Å². The van der Waals surface area contributed by atoms with Crippen LogP contribution in [-0.2, 0) is 9.30 Å². The van der Waals surface area contributed by atoms with Gasteiger partial charge in [-0.15, -0.1) is 0 Å². The molecule has 5 atom stereocenters. The van der Waals surface area contributed by atoms with Crippen LogP contribution in [-0.4, -0.2) is 73.5 Å². The number of ether oxygens (including phenoxy) is 1. The maximum absolute atomic E-state index is 10.7. The molecule has 1 rings (SSSR count). The predicted octanol–water partition coefficient (Wildman–Crippen LogP) is -2.99. The van der Waals surface area contributed by atoms with Gasteiger partial charge in [0.05, 0.1) is 18.9 Å². The van der Waals surface area contributed by atoms with Crippen LogP contribution in [0.25, 0.3) is 0 Å². The monoisotopic (exact) mass is 258 g/mol. The molecule has 96 valence electrons. The summed E-state index contributed by atoms with van der Waals surface area (Å²) in [6.45, 7) is -0.622. The van der Waals surface area contributed by atoms with Crippen LogP contribution in [0.2, 0.25) is 0 Å². The average molecular weight is 258 g/mol. The summed E-state index contributed by atoms with van der Waals surface area (Å²) in [7, 11) is -4.41. The third kappa shape index (κ3) is 3.22. The first-order chi connectivity index (χ1) is 7.26. The van der Waals surface area contributed by atoms with Crippen molar-refractivity contribution in [2.75, 3.05) is 12.8 Å². The quantitative estimate of drug-likeness (QED) is 0.293. The predicted molar refractivity (Wildman–Crippen MR) is 50.7 cm³/mol. The van der Waals surface area contributed by atoms with Gasteiger partial charge in [-0.1, -0.05) is 0 Å². The standard InChI is InChI=1S/C7H15O8P/c8-1-3-5(9)7(11)6(10)4(15-3)2-16(12,13)14/h3-11H,1-2H2,(H2,12,13,14). The molecule has 0 amide bonds. The van der Waals surface area contributed by atoms with E-state index in [0.29, 0.717) is 0 Å². The highest BCUT2D eigenvalue weighted by atomic mass is 31.2. The Balaban J connectivity index is 2.75. The van der Waals surface area contributed by atoms with E-state index in [4.69, 9.17) is 19.6 Å². The zero-order valence-electron chi connectivity index (χ0n) is 8.25. The van der Waals surface area contributed by atoms with Gasteiger partial charge < -0.3 is 34.9 Å². The third-order valence-corrected chi connectivity index (χ3v) is 3.24. The Bertz CT molecular complexity index is 276. The molecule has 0 saturated carbocycles. The number of hydrogen-bond donors (Lipinski definition) is 6. The van der Waals surface area contributed by atoms with E-state index in [2.05, 4.69) is 0 Å². The van der Waals surface area contributed by atoms with Crippen LogP contribution in [0.15, 0.2) is 0 Å². The van der Waals surface area contributed by atoms with E-state index in [0.717, 1.165) is 0 Å². The van der Waals surface area contributed by atoms with Crippen LogP contribution in [0, 0.1) is 0 Å². The Morgan fingerprint density at radius 1 is 1.00 bits per heavy atom. The van der Waals surface area contributed by atoms with E-state index in [9.17, 15) is 19.9 Å². The molecule has 1 aliphatic heterocycles. The molecule has 1 aliphatic rings. The number of hydrogen-bond acceptors (Lipinski definition) is 6. The topological polar surface area (TPSA) is 148 Å². The SMILES string of the molecule is O=P(O)(O)CC1OC(CO)C(O)C(O)C1O. The molecular formula is C7H15O8P. The minimum atomic E-state index is -4.41. The van der Waals surface area contributed by atoms with E-state index >= 15 is 0 Å². The molecule has 1 heterocycles. The fraction of sp³-hybridized carbons (Fsp3) is 1.00. The molecule has 1 saturated heterocycles. The Morgan fingerprint density at radius 2 is 1.50 bits per heavy atom. The van der Waals surface area contributed by atoms with Gasteiger partial charge in [0.1, 0.15) is 24.4 Å². The van der Waals surface area contributed by atoms with Gasteiger partial charge in [-0.2, -0.15) is 0 Å². The summed E-state index contributed by atoms with van der Waals surface area (Å²) in [5, 5.41) is 36.9. The van der Waals surface area contributed by atoms with Crippen molar-refractivity contribution in [3.05, 3.63) is 0 Å². The van der Waals surface area contributed by atoms with Gasteiger partial charge in [0.15, 0.2) is 0 Å². The van der Waals surface area contributed by atoms with Gasteiger partial charge in [-0.05, 0) is 0 Å². The Morgan fingerprint density at radius 3 is 1.94 bits per heavy atom. The Hall–Kier alpha value is -0.0500. The second-order valence-electron chi connectivity index (χ2n) is 3.71. The maximum atomic E-state index is 10.7. The van der Waals surface area contributed by atoms with Crippen LogP contribution >= 0.6 is 7.60 Å². The fourth-order valence-corrected chi connectivity index (χ4v) is 2.33. The van der Waals surface area contributed by atoms with Crippen LogP contribution in [0.5, 0.6) is 0 Å². The molecule has 6 N–H and O–H groups in total. The number of rotatable bonds is 3. The molecule has 5 unspecified atom stereocenters. The highest BCUT2D eigenvalue weighted by Crippen LogP contribution is 2.38. The molecule has 0 aromatic rings. The van der Waals surface area contributed by atoms with Crippen molar-refractivity contribution >= 4 is 7.60 Å². The second kappa shape index (κ2) is 5.07. The zero-order chi connectivity index (χ0) is 12.5. The summed E-state index contributed by atoms with van der Waals surface area (Å²) in [4.78, 5) is 17.4. The summed E-state index contributed by atoms with van der Waals surface area (Å²) < 4.78 is 15.6. The smallest absolute Gasteiger partial charge is 0.328 e. The third-order valence-electron chi connectivity index (χ3n) is 2.41. The molecule has 0 aromatic heterocycles. The largest absolute Gasteiger partial charge is 0.394 e. The number of aliphatic hydroxyl groups excluding tert-OH is 4. The molecule has 9 heteroatoms. The molecule has 8 nitrogen and oxygen atoms in total. The minimum Gasteiger partial charge on any atom is -0.394 e. The zero-order valence-corrected chi connectivity index (χ0v) is 9.14. The van der Waals surface area contributed by atoms with Crippen molar-refractivity contribution in [3.8, 4) is 0 Å². The van der Waals surface area contributed by atoms with Crippen molar-refractivity contribution in [1.29, 1.82) is 0 Å². The number of aliphatic hydroxyl groups is 4. The highest BCUT2D eigenvalue weighted by Gasteiger charge is 2.45. The molecule has 0 aliphatic carbocycles. The van der Waals surface area contributed by atoms with Crippen LogP contribution in [0.1, 0.15) is 0 Å². The lowest BCUT2D eigenvalue weighted by Crippen LogP contribution is -2.59. The van der Waals surface area contributed by atoms with Gasteiger partial charge in [0.2, 0.25) is 0 Å². The van der Waals surface area contributed by atoms with Crippen LogP contribution in [0.4, 0.5) is 0 Å². The van der Waals surface area contributed by atoms with E-state index in [1.54, 1.807) is 0 Å². The minimum absolute atomic E-state index is 0.622. The molecule has 0 radical (unpaired) electrons. The summed E-state index contributed by atoms with van der Waals surface area (Å²) in [6, 6.07) is 0. The Labute approximate surface area is 91.3 Å². The Kier molecular flexibility index (Phi) is 4.44. The van der Waals surface area contributed by atoms with E-state index in [-0.39, 0.29) is 0 Å². The lowest BCUT2D eigenvalue weighted by molar-refractivity contribution is -0.223. The molecule has 0 bridgehead atoms. The van der Waals surface area contributed by atoms with Crippen molar-refractivity contribution in [3.63, 3.8) is 0 Å². The first-order valence-corrected chi connectivity index (χ1v) is 6.41. The van der Waals surface area contributed by atoms with E-state index in [1.807, 2.05) is 0 Å². The normalized spacial score (nSPS) is 41.0. The first-order valence-electron chi connectivity index (χ1n) is 4.61. The molecule has 0 aromatic carbocycles. The van der Waals surface area contributed by atoms with Gasteiger partial charge >= 0.3 is 7.60 Å². The van der Waals surface area contributed by atoms with Crippen molar-refractivity contribution in [2.45, 2.75) is 30.5 Å². The lowest BCUT2D eigenvalue weighted by Gasteiger charge is -2.40. The van der Waals surface area contributed by atoms with Crippen molar-refractivity contribution in [1.82, 2.24) is 0 Å². The van der Waals surface area contributed by atoms with Crippen molar-refractivity contribution < 1.29 is 39.5 Å². The van der Waals surface area contributed by atoms with Gasteiger partial charge in [0.25, 0.3) is 0 Å². The van der Waals surface area contributed by atoms with Gasteiger partial charge in [-0.3, -0.25) is 4.57 Å². The fourth-order valence-electron chi connectivity index (χ4n) is 1.56. The van der Waals surface area contributed by atoms with Gasteiger partial charge in [-0.25, -0.2) is 0 Å². The average Bonchev–Trinajstić information content (AvgIpc) is 2.17. The summed E-state index contributed by atoms with van der Waals surface area (Å²) >= 11 is 0. The molecule has 1 fully saturated rings. The van der Waals surface area contributed by atoms with Crippen LogP contribution < -0.4 is 0 Å². The summed E-state index contributed by atoms with van der Waals surface area (Å²) in [5.41, 5.74) is 0. The first kappa shape index (κ1) is 14.0. The molecule has 0 spiro atoms. The van der Waals surface area contributed by atoms with E-state index < -0.39 is 50.9 Å². The van der Waals surface area contributed by atoms with E-state index in [1.165, 1.54) is 0 Å². The van der Waals surface area contributed by atoms with Gasteiger partial charge in [0, 0.05) is 0 Å². The lowest BCUT2D eigenvalue weighted by atomic mass is 9.96. The molecule has 16 heavy (non-hydrogen) atoms. The molecular weight excluding hydrogens is 243 g/mol. The highest BCUT2D eigenvalue weighted by molar-refractivity contribution is 7.51. The maximum Gasteiger partial charge on any atom is 0.328 e. The van der Waals surface area contributed by atoms with Crippen LogP contribution in [0.3, 0.4) is 0 Å². The summed E-state index contributed by atoms with van der Waals surface area (Å²) in [5.74, 6) is 0.